The standard InChI is InChI=1S/C16H19N3O4S/c1-12-5-4-6-15(17-12)18-16(20)11-19(2)24(21,22)14-9-7-13(23-3)8-10-14/h4-10H,11H2,1-3H3,(H,17,18,20). The van der Waals surface area contributed by atoms with Crippen LogP contribution in [0.15, 0.2) is 47.4 Å². The number of amides is 1. The van der Waals surface area contributed by atoms with E-state index in [0.29, 0.717) is 11.6 Å². The fraction of sp³-hybridized carbons (Fsp3) is 0.250. The van der Waals surface area contributed by atoms with E-state index < -0.39 is 15.9 Å². The number of rotatable bonds is 6. The average molecular weight is 349 g/mol. The zero-order chi connectivity index (χ0) is 17.7. The summed E-state index contributed by atoms with van der Waals surface area (Å²) in [7, 11) is -0.914. The lowest BCUT2D eigenvalue weighted by molar-refractivity contribution is -0.116. The monoisotopic (exact) mass is 349 g/mol. The molecule has 2 aromatic rings. The summed E-state index contributed by atoms with van der Waals surface area (Å²) in [6, 6.07) is 11.2. The Morgan fingerprint density at radius 3 is 2.46 bits per heavy atom. The molecule has 0 aliphatic carbocycles. The van der Waals surface area contributed by atoms with Crippen LogP contribution >= 0.6 is 0 Å². The first kappa shape index (κ1) is 17.9. The first-order valence-electron chi connectivity index (χ1n) is 7.17. The molecule has 0 fully saturated rings. The van der Waals surface area contributed by atoms with Gasteiger partial charge in [-0.15, -0.1) is 0 Å². The zero-order valence-corrected chi connectivity index (χ0v) is 14.5. The van der Waals surface area contributed by atoms with Gasteiger partial charge >= 0.3 is 0 Å². The third-order valence-corrected chi connectivity index (χ3v) is 5.11. The van der Waals surface area contributed by atoms with Crippen molar-refractivity contribution in [3.8, 4) is 5.75 Å². The average Bonchev–Trinajstić information content (AvgIpc) is 2.54. The Labute approximate surface area is 141 Å². The molecule has 1 aromatic heterocycles. The van der Waals surface area contributed by atoms with Crippen LogP contribution < -0.4 is 10.1 Å². The van der Waals surface area contributed by atoms with Crippen LogP contribution in [-0.2, 0) is 14.8 Å². The number of aromatic nitrogens is 1. The third kappa shape index (κ3) is 4.30. The molecule has 0 unspecified atom stereocenters. The first-order valence-corrected chi connectivity index (χ1v) is 8.61. The maximum atomic E-state index is 12.5. The summed E-state index contributed by atoms with van der Waals surface area (Å²) in [5.41, 5.74) is 0.756. The number of anilines is 1. The van der Waals surface area contributed by atoms with Crippen molar-refractivity contribution in [2.45, 2.75) is 11.8 Å². The van der Waals surface area contributed by atoms with Crippen LogP contribution in [0.4, 0.5) is 5.82 Å². The smallest absolute Gasteiger partial charge is 0.243 e. The first-order chi connectivity index (χ1) is 11.3. The number of nitrogens with zero attached hydrogens (tertiary/aromatic N) is 2. The van der Waals surface area contributed by atoms with Gasteiger partial charge in [-0.05, 0) is 43.3 Å². The van der Waals surface area contributed by atoms with Crippen molar-refractivity contribution in [3.63, 3.8) is 0 Å². The molecule has 2 rings (SSSR count). The van der Waals surface area contributed by atoms with E-state index in [1.54, 1.807) is 37.3 Å². The van der Waals surface area contributed by atoms with Gasteiger partial charge in [0.05, 0.1) is 18.6 Å². The minimum Gasteiger partial charge on any atom is -0.497 e. The number of methoxy groups -OCH3 is 1. The second-order valence-corrected chi connectivity index (χ2v) is 7.19. The van der Waals surface area contributed by atoms with E-state index in [9.17, 15) is 13.2 Å². The van der Waals surface area contributed by atoms with Gasteiger partial charge in [-0.3, -0.25) is 4.79 Å². The number of benzene rings is 1. The molecule has 0 bridgehead atoms. The molecule has 0 saturated heterocycles. The normalized spacial score (nSPS) is 11.3. The SMILES string of the molecule is COc1ccc(S(=O)(=O)N(C)CC(=O)Nc2cccc(C)n2)cc1. The van der Waals surface area contributed by atoms with Crippen LogP contribution in [0.25, 0.3) is 0 Å². The predicted molar refractivity (Wildman–Crippen MR) is 90.4 cm³/mol. The molecule has 1 heterocycles. The van der Waals surface area contributed by atoms with E-state index in [1.807, 2.05) is 0 Å². The lowest BCUT2D eigenvalue weighted by Gasteiger charge is -2.17. The fourth-order valence-electron chi connectivity index (χ4n) is 2.01. The molecule has 1 N–H and O–H groups in total. The summed E-state index contributed by atoms with van der Waals surface area (Å²) in [5, 5.41) is 2.58. The molecule has 0 spiro atoms. The number of sulfonamides is 1. The molecule has 0 saturated carbocycles. The summed E-state index contributed by atoms with van der Waals surface area (Å²) in [6.07, 6.45) is 0. The molecule has 1 amide bonds. The number of aryl methyl sites for hydroxylation is 1. The van der Waals surface area contributed by atoms with Crippen molar-refractivity contribution in [1.29, 1.82) is 0 Å². The Balaban J connectivity index is 2.06. The van der Waals surface area contributed by atoms with Crippen LogP contribution in [0, 0.1) is 6.92 Å². The summed E-state index contributed by atoms with van der Waals surface area (Å²) < 4.78 is 30.9. The molecule has 128 valence electrons. The van der Waals surface area contributed by atoms with E-state index in [0.717, 1.165) is 10.00 Å². The van der Waals surface area contributed by atoms with Gasteiger partial charge in [-0.2, -0.15) is 4.31 Å². The van der Waals surface area contributed by atoms with Gasteiger partial charge in [-0.25, -0.2) is 13.4 Å². The van der Waals surface area contributed by atoms with Crippen molar-refractivity contribution in [1.82, 2.24) is 9.29 Å². The number of carbonyl (C=O) groups excluding carboxylic acids is 1. The quantitative estimate of drug-likeness (QED) is 0.857. The van der Waals surface area contributed by atoms with Crippen LogP contribution in [0.5, 0.6) is 5.75 Å². The van der Waals surface area contributed by atoms with Crippen molar-refractivity contribution >= 4 is 21.7 Å². The van der Waals surface area contributed by atoms with E-state index in [2.05, 4.69) is 10.3 Å². The molecular weight excluding hydrogens is 330 g/mol. The van der Waals surface area contributed by atoms with Crippen LogP contribution in [-0.4, -0.2) is 44.3 Å². The van der Waals surface area contributed by atoms with E-state index in [1.165, 1.54) is 26.3 Å². The van der Waals surface area contributed by atoms with Crippen LogP contribution in [0.3, 0.4) is 0 Å². The second-order valence-electron chi connectivity index (χ2n) is 5.15. The lowest BCUT2D eigenvalue weighted by Crippen LogP contribution is -2.35. The van der Waals surface area contributed by atoms with Crippen LogP contribution in [0.1, 0.15) is 5.69 Å². The molecule has 8 heteroatoms. The Kier molecular flexibility index (Phi) is 5.53. The highest BCUT2D eigenvalue weighted by Gasteiger charge is 2.23. The summed E-state index contributed by atoms with van der Waals surface area (Å²) in [4.78, 5) is 16.3. The van der Waals surface area contributed by atoms with Crippen molar-refractivity contribution in [3.05, 3.63) is 48.2 Å². The highest BCUT2D eigenvalue weighted by molar-refractivity contribution is 7.89. The van der Waals surface area contributed by atoms with Crippen molar-refractivity contribution in [2.75, 3.05) is 26.0 Å². The fourth-order valence-corrected chi connectivity index (χ4v) is 3.14. The van der Waals surface area contributed by atoms with Gasteiger partial charge in [-0.1, -0.05) is 6.07 Å². The van der Waals surface area contributed by atoms with Gasteiger partial charge in [0.1, 0.15) is 11.6 Å². The van der Waals surface area contributed by atoms with Gasteiger partial charge in [0.15, 0.2) is 0 Å². The largest absolute Gasteiger partial charge is 0.497 e. The molecule has 7 nitrogen and oxygen atoms in total. The van der Waals surface area contributed by atoms with E-state index in [-0.39, 0.29) is 11.4 Å². The third-order valence-electron chi connectivity index (χ3n) is 3.29. The maximum absolute atomic E-state index is 12.5. The lowest BCUT2D eigenvalue weighted by atomic mass is 10.3. The summed E-state index contributed by atoms with van der Waals surface area (Å²) in [6.45, 7) is 1.49. The number of hydrogen-bond acceptors (Lipinski definition) is 5. The number of ether oxygens (including phenoxy) is 1. The molecule has 1 aromatic carbocycles. The number of pyridine rings is 1. The minimum atomic E-state index is -3.76. The van der Waals surface area contributed by atoms with Crippen molar-refractivity contribution < 1.29 is 17.9 Å². The van der Waals surface area contributed by atoms with Gasteiger partial charge in [0.25, 0.3) is 0 Å². The topological polar surface area (TPSA) is 88.6 Å². The maximum Gasteiger partial charge on any atom is 0.243 e. The summed E-state index contributed by atoms with van der Waals surface area (Å²) in [5.74, 6) is 0.475. The molecular formula is C16H19N3O4S. The second kappa shape index (κ2) is 7.41. The molecule has 0 aliphatic heterocycles. The number of hydrogen-bond donors (Lipinski definition) is 1. The Morgan fingerprint density at radius 2 is 1.88 bits per heavy atom. The molecule has 24 heavy (non-hydrogen) atoms. The van der Waals surface area contributed by atoms with Crippen molar-refractivity contribution in [2.24, 2.45) is 0 Å². The predicted octanol–water partition coefficient (Wildman–Crippen LogP) is 1.66. The molecule has 0 atom stereocenters. The summed E-state index contributed by atoms with van der Waals surface area (Å²) >= 11 is 0. The van der Waals surface area contributed by atoms with E-state index >= 15 is 0 Å². The number of nitrogens with one attached hydrogen (secondary N) is 1. The van der Waals surface area contributed by atoms with E-state index in [4.69, 9.17) is 4.74 Å². The Bertz CT molecular complexity index is 819. The Morgan fingerprint density at radius 1 is 1.21 bits per heavy atom. The number of likely N-dealkylation sites (N-methyl/N-ethyl adjacent to an activating group) is 1. The molecule has 0 aliphatic rings. The van der Waals surface area contributed by atoms with Gasteiger partial charge in [0.2, 0.25) is 15.9 Å². The minimum absolute atomic E-state index is 0.0901. The molecule has 0 radical (unpaired) electrons. The zero-order valence-electron chi connectivity index (χ0n) is 13.7. The highest BCUT2D eigenvalue weighted by atomic mass is 32.2. The van der Waals surface area contributed by atoms with Crippen LogP contribution in [0.2, 0.25) is 0 Å². The van der Waals surface area contributed by atoms with Gasteiger partial charge < -0.3 is 10.1 Å². The van der Waals surface area contributed by atoms with Gasteiger partial charge in [0, 0.05) is 12.7 Å². The Hall–Kier alpha value is -2.45. The highest BCUT2D eigenvalue weighted by Crippen LogP contribution is 2.18. The number of carbonyl (C=O) groups is 1.